The summed E-state index contributed by atoms with van der Waals surface area (Å²) in [4.78, 5) is 46.7. The zero-order valence-corrected chi connectivity index (χ0v) is 21.3. The molecule has 0 aromatic heterocycles. The molecule has 3 atom stereocenters. The highest BCUT2D eigenvalue weighted by molar-refractivity contribution is 5.90. The molecular formula is C26H32O10. The maximum Gasteiger partial charge on any atom is 0.373 e. The van der Waals surface area contributed by atoms with Gasteiger partial charge in [-0.25, -0.2) is 9.59 Å². The Morgan fingerprint density at radius 2 is 1.28 bits per heavy atom. The fraction of sp³-hybridized carbons (Fsp3) is 0.462. The standard InChI is InChI=1S/C26H32O10/c1-16-11-12-26(2,36-35-25(28)18-8-10-20(30-4)22(15-18)32-6)23(13-16)33-34-24(27)17-7-9-19(29-3)21(14-17)31-5/h7-10,14-16,23H,11-13H2,1-6H3. The van der Waals surface area contributed by atoms with Crippen molar-refractivity contribution in [2.75, 3.05) is 28.4 Å². The van der Waals surface area contributed by atoms with E-state index in [-0.39, 0.29) is 17.0 Å². The molecule has 0 aliphatic heterocycles. The third-order valence-electron chi connectivity index (χ3n) is 6.22. The van der Waals surface area contributed by atoms with Crippen LogP contribution in [0.25, 0.3) is 0 Å². The van der Waals surface area contributed by atoms with E-state index < -0.39 is 23.6 Å². The molecule has 196 valence electrons. The second kappa shape index (κ2) is 12.0. The predicted octanol–water partition coefficient (Wildman–Crippen LogP) is 4.55. The minimum Gasteiger partial charge on any atom is -0.493 e. The second-order valence-electron chi connectivity index (χ2n) is 8.74. The number of ether oxygens (including phenoxy) is 4. The van der Waals surface area contributed by atoms with Gasteiger partial charge >= 0.3 is 11.9 Å². The smallest absolute Gasteiger partial charge is 0.373 e. The van der Waals surface area contributed by atoms with Crippen LogP contribution in [0.4, 0.5) is 0 Å². The van der Waals surface area contributed by atoms with Crippen molar-refractivity contribution in [2.24, 2.45) is 5.92 Å². The lowest BCUT2D eigenvalue weighted by atomic mass is 9.78. The molecule has 1 aliphatic rings. The molecule has 10 heteroatoms. The first kappa shape index (κ1) is 27.1. The van der Waals surface area contributed by atoms with Crippen molar-refractivity contribution in [3.05, 3.63) is 47.5 Å². The van der Waals surface area contributed by atoms with Crippen molar-refractivity contribution in [2.45, 2.75) is 44.8 Å². The summed E-state index contributed by atoms with van der Waals surface area (Å²) in [7, 11) is 5.95. The monoisotopic (exact) mass is 504 g/mol. The van der Waals surface area contributed by atoms with Gasteiger partial charge in [-0.15, -0.1) is 0 Å². The lowest BCUT2D eigenvalue weighted by molar-refractivity contribution is -0.388. The Balaban J connectivity index is 1.66. The Kier molecular flexibility index (Phi) is 9.00. The van der Waals surface area contributed by atoms with Gasteiger partial charge in [0.15, 0.2) is 23.0 Å². The van der Waals surface area contributed by atoms with Crippen LogP contribution in [-0.4, -0.2) is 52.1 Å². The van der Waals surface area contributed by atoms with Crippen molar-refractivity contribution in [1.82, 2.24) is 0 Å². The first-order chi connectivity index (χ1) is 17.2. The molecular weight excluding hydrogens is 472 g/mol. The Hall–Kier alpha value is -3.50. The van der Waals surface area contributed by atoms with Crippen molar-refractivity contribution in [3.8, 4) is 23.0 Å². The number of rotatable bonds is 10. The van der Waals surface area contributed by atoms with E-state index in [1.54, 1.807) is 19.1 Å². The Morgan fingerprint density at radius 1 is 0.778 bits per heavy atom. The highest BCUT2D eigenvalue weighted by Crippen LogP contribution is 2.38. The fourth-order valence-corrected chi connectivity index (χ4v) is 3.92. The molecule has 0 heterocycles. The zero-order valence-electron chi connectivity index (χ0n) is 21.3. The van der Waals surface area contributed by atoms with Gasteiger partial charge in [0.1, 0.15) is 11.7 Å². The average Bonchev–Trinajstić information content (AvgIpc) is 2.91. The third-order valence-corrected chi connectivity index (χ3v) is 6.22. The van der Waals surface area contributed by atoms with E-state index in [9.17, 15) is 9.59 Å². The summed E-state index contributed by atoms with van der Waals surface area (Å²) in [6.45, 7) is 3.80. The quantitative estimate of drug-likeness (QED) is 0.338. The van der Waals surface area contributed by atoms with Crippen LogP contribution >= 0.6 is 0 Å². The van der Waals surface area contributed by atoms with Gasteiger partial charge in [0.25, 0.3) is 0 Å². The van der Waals surface area contributed by atoms with Crippen molar-refractivity contribution in [3.63, 3.8) is 0 Å². The van der Waals surface area contributed by atoms with E-state index in [0.29, 0.717) is 35.8 Å². The Bertz CT molecular complexity index is 1070. The second-order valence-corrected chi connectivity index (χ2v) is 8.74. The molecule has 36 heavy (non-hydrogen) atoms. The minimum absolute atomic E-state index is 0.220. The number of hydrogen-bond donors (Lipinski definition) is 0. The molecule has 2 aromatic rings. The van der Waals surface area contributed by atoms with Crippen LogP contribution in [0.5, 0.6) is 23.0 Å². The van der Waals surface area contributed by atoms with Gasteiger partial charge in [0, 0.05) is 0 Å². The maximum atomic E-state index is 12.6. The lowest BCUT2D eigenvalue weighted by Gasteiger charge is -2.39. The minimum atomic E-state index is -1.05. The third kappa shape index (κ3) is 6.19. The molecule has 0 N–H and O–H groups in total. The van der Waals surface area contributed by atoms with Crippen LogP contribution < -0.4 is 18.9 Å². The van der Waals surface area contributed by atoms with E-state index in [0.717, 1.165) is 6.42 Å². The van der Waals surface area contributed by atoms with Crippen LogP contribution in [0.1, 0.15) is 53.8 Å². The Labute approximate surface area is 210 Å². The van der Waals surface area contributed by atoms with E-state index in [4.69, 9.17) is 38.5 Å². The van der Waals surface area contributed by atoms with Crippen molar-refractivity contribution >= 4 is 11.9 Å². The molecule has 1 aliphatic carbocycles. The van der Waals surface area contributed by atoms with Crippen LogP contribution in [-0.2, 0) is 19.6 Å². The van der Waals surface area contributed by atoms with Gasteiger partial charge in [-0.2, -0.15) is 9.78 Å². The largest absolute Gasteiger partial charge is 0.493 e. The number of carbonyl (C=O) groups is 2. The highest BCUT2D eigenvalue weighted by atomic mass is 17.2. The molecule has 1 saturated carbocycles. The molecule has 10 nitrogen and oxygen atoms in total. The van der Waals surface area contributed by atoms with E-state index >= 15 is 0 Å². The summed E-state index contributed by atoms with van der Waals surface area (Å²) in [6.07, 6.45) is 1.19. The summed E-state index contributed by atoms with van der Waals surface area (Å²) in [6, 6.07) is 9.26. The number of carbonyl (C=O) groups excluding carboxylic acids is 2. The van der Waals surface area contributed by atoms with Gasteiger partial charge in [-0.05, 0) is 68.5 Å². The molecule has 2 aromatic carbocycles. The zero-order chi connectivity index (χ0) is 26.3. The Morgan fingerprint density at radius 3 is 1.78 bits per heavy atom. The predicted molar refractivity (Wildman–Crippen MR) is 127 cm³/mol. The summed E-state index contributed by atoms with van der Waals surface area (Å²) in [5.74, 6) is 0.589. The normalized spacial score (nSPS) is 21.3. The van der Waals surface area contributed by atoms with Crippen LogP contribution in [0.2, 0.25) is 0 Å². The first-order valence-corrected chi connectivity index (χ1v) is 11.5. The average molecular weight is 505 g/mol. The first-order valence-electron chi connectivity index (χ1n) is 11.5. The van der Waals surface area contributed by atoms with E-state index in [1.807, 2.05) is 0 Å². The molecule has 0 amide bonds. The van der Waals surface area contributed by atoms with Crippen LogP contribution in [0.15, 0.2) is 36.4 Å². The molecule has 0 saturated heterocycles. The SMILES string of the molecule is COc1ccc(C(=O)OOC2CC(C)CCC2(C)OOC(=O)c2ccc(OC)c(OC)c2)cc1OC. The molecule has 0 radical (unpaired) electrons. The fourth-order valence-electron chi connectivity index (χ4n) is 3.92. The number of benzene rings is 2. The van der Waals surface area contributed by atoms with Gasteiger partial charge in [0.2, 0.25) is 0 Å². The molecule has 3 rings (SSSR count). The van der Waals surface area contributed by atoms with E-state index in [2.05, 4.69) is 6.92 Å². The summed E-state index contributed by atoms with van der Waals surface area (Å²) in [5, 5.41) is 0. The van der Waals surface area contributed by atoms with Crippen LogP contribution in [0.3, 0.4) is 0 Å². The van der Waals surface area contributed by atoms with Gasteiger partial charge in [-0.3, -0.25) is 9.78 Å². The summed E-state index contributed by atoms with van der Waals surface area (Å²) < 4.78 is 20.8. The van der Waals surface area contributed by atoms with Crippen molar-refractivity contribution in [1.29, 1.82) is 0 Å². The number of methoxy groups -OCH3 is 4. The van der Waals surface area contributed by atoms with Gasteiger partial charge < -0.3 is 18.9 Å². The topological polar surface area (TPSA) is 108 Å². The lowest BCUT2D eigenvalue weighted by Crippen LogP contribution is -2.48. The van der Waals surface area contributed by atoms with E-state index in [1.165, 1.54) is 52.7 Å². The van der Waals surface area contributed by atoms with Gasteiger partial charge in [0.05, 0.1) is 39.6 Å². The molecule has 1 fully saturated rings. The highest BCUT2D eigenvalue weighted by Gasteiger charge is 2.45. The van der Waals surface area contributed by atoms with Crippen LogP contribution in [0, 0.1) is 5.92 Å². The van der Waals surface area contributed by atoms with Gasteiger partial charge in [-0.1, -0.05) is 6.92 Å². The molecule has 0 spiro atoms. The maximum absolute atomic E-state index is 12.6. The number of hydrogen-bond acceptors (Lipinski definition) is 10. The van der Waals surface area contributed by atoms with Crippen molar-refractivity contribution < 1.29 is 48.1 Å². The molecule has 0 bridgehead atoms. The molecule has 3 unspecified atom stereocenters. The summed E-state index contributed by atoms with van der Waals surface area (Å²) in [5.41, 5.74) is -0.604. The summed E-state index contributed by atoms with van der Waals surface area (Å²) >= 11 is 0.